The molecule has 0 unspecified atom stereocenters. The van der Waals surface area contributed by atoms with Gasteiger partial charge in [-0.05, 0) is 41.5 Å². The molecule has 0 spiro atoms. The van der Waals surface area contributed by atoms with Crippen LogP contribution in [0.4, 0.5) is 5.69 Å². The molecule has 1 aromatic heterocycles. The van der Waals surface area contributed by atoms with Gasteiger partial charge in [0.2, 0.25) is 0 Å². The Morgan fingerprint density at radius 2 is 1.50 bits per heavy atom. The summed E-state index contributed by atoms with van der Waals surface area (Å²) in [6, 6.07) is 25.6. The lowest BCUT2D eigenvalue weighted by atomic mass is 10.1. The quantitative estimate of drug-likeness (QED) is 0.265. The smallest absolute Gasteiger partial charge is 0.269 e. The number of thiocarbonyl (C=S) groups is 1. The molecular formula is C24H17ClN2OS2. The summed E-state index contributed by atoms with van der Waals surface area (Å²) < 4.78 is 0.964. The van der Waals surface area contributed by atoms with Crippen LogP contribution in [0.25, 0.3) is 22.2 Å². The maximum atomic E-state index is 12.6. The molecule has 3 nitrogen and oxygen atoms in total. The van der Waals surface area contributed by atoms with Gasteiger partial charge in [0.25, 0.3) is 5.91 Å². The van der Waals surface area contributed by atoms with Gasteiger partial charge in [0, 0.05) is 15.8 Å². The second-order valence-electron chi connectivity index (χ2n) is 6.52. The highest BCUT2D eigenvalue weighted by molar-refractivity contribution is 7.80. The number of nitrogens with one attached hydrogen (secondary N) is 2. The first kappa shape index (κ1) is 20.3. The van der Waals surface area contributed by atoms with Crippen molar-refractivity contribution in [2.45, 2.75) is 0 Å². The lowest BCUT2D eigenvalue weighted by Gasteiger charge is -2.09. The maximum absolute atomic E-state index is 12.6. The summed E-state index contributed by atoms with van der Waals surface area (Å²) in [5.74, 6) is -0.318. The maximum Gasteiger partial charge on any atom is 0.269 e. The van der Waals surface area contributed by atoms with Gasteiger partial charge in [0.15, 0.2) is 5.11 Å². The van der Waals surface area contributed by atoms with Gasteiger partial charge < -0.3 is 5.32 Å². The molecule has 0 aliphatic rings. The minimum absolute atomic E-state index is 0.223. The third-order valence-electron chi connectivity index (χ3n) is 4.40. The first-order valence-electron chi connectivity index (χ1n) is 9.23. The first-order valence-corrected chi connectivity index (χ1v) is 10.8. The summed E-state index contributed by atoms with van der Waals surface area (Å²) >= 11 is 13.0. The van der Waals surface area contributed by atoms with Gasteiger partial charge in [0.05, 0.1) is 5.02 Å². The van der Waals surface area contributed by atoms with Crippen LogP contribution in [-0.4, -0.2) is 11.0 Å². The van der Waals surface area contributed by atoms with Crippen molar-refractivity contribution in [3.63, 3.8) is 0 Å². The Morgan fingerprint density at radius 1 is 0.867 bits per heavy atom. The van der Waals surface area contributed by atoms with E-state index in [0.29, 0.717) is 9.90 Å². The van der Waals surface area contributed by atoms with Crippen molar-refractivity contribution in [1.82, 2.24) is 5.32 Å². The molecule has 1 heterocycles. The molecule has 0 bridgehead atoms. The van der Waals surface area contributed by atoms with Crippen molar-refractivity contribution in [2.75, 3.05) is 5.32 Å². The summed E-state index contributed by atoms with van der Waals surface area (Å²) in [5, 5.41) is 7.28. The molecule has 148 valence electrons. The normalized spacial score (nSPS) is 11.0. The van der Waals surface area contributed by atoms with Crippen LogP contribution in [-0.2, 0) is 0 Å². The van der Waals surface area contributed by atoms with Gasteiger partial charge in [-0.25, -0.2) is 0 Å². The lowest BCUT2D eigenvalue weighted by molar-refractivity contribution is 0.0982. The van der Waals surface area contributed by atoms with E-state index in [1.807, 2.05) is 72.8 Å². The Morgan fingerprint density at radius 3 is 2.20 bits per heavy atom. The molecule has 0 fully saturated rings. The minimum atomic E-state index is -0.318. The predicted molar refractivity (Wildman–Crippen MR) is 132 cm³/mol. The Labute approximate surface area is 189 Å². The van der Waals surface area contributed by atoms with Crippen molar-refractivity contribution < 1.29 is 4.79 Å². The van der Waals surface area contributed by atoms with Gasteiger partial charge in [-0.1, -0.05) is 84.4 Å². The molecule has 1 amide bonds. The molecular weight excluding hydrogens is 432 g/mol. The number of rotatable bonds is 4. The van der Waals surface area contributed by atoms with E-state index in [1.165, 1.54) is 11.3 Å². The van der Waals surface area contributed by atoms with Gasteiger partial charge >= 0.3 is 0 Å². The first-order chi connectivity index (χ1) is 14.6. The van der Waals surface area contributed by atoms with Gasteiger partial charge in [-0.15, -0.1) is 11.3 Å². The molecule has 0 atom stereocenters. The molecule has 0 aliphatic heterocycles. The molecule has 3 aromatic carbocycles. The summed E-state index contributed by atoms with van der Waals surface area (Å²) in [4.78, 5) is 13.0. The molecule has 0 saturated heterocycles. The molecule has 0 radical (unpaired) electrons. The van der Waals surface area contributed by atoms with E-state index in [1.54, 1.807) is 0 Å². The van der Waals surface area contributed by atoms with Crippen LogP contribution in [0.2, 0.25) is 5.02 Å². The Hall–Kier alpha value is -2.99. The number of benzene rings is 3. The van der Waals surface area contributed by atoms with Crippen molar-refractivity contribution in [3.05, 3.63) is 99.9 Å². The molecule has 4 aromatic rings. The van der Waals surface area contributed by atoms with E-state index in [-0.39, 0.29) is 11.0 Å². The number of anilines is 1. The largest absolute Gasteiger partial charge is 0.332 e. The van der Waals surface area contributed by atoms with Crippen LogP contribution in [0.5, 0.6) is 0 Å². The highest BCUT2D eigenvalue weighted by atomic mass is 35.5. The third-order valence-corrected chi connectivity index (χ3v) is 6.28. The summed E-state index contributed by atoms with van der Waals surface area (Å²) in [6.45, 7) is 0. The summed E-state index contributed by atoms with van der Waals surface area (Å²) in [7, 11) is 0. The fraction of sp³-hybridized carbons (Fsp3) is 0. The standard InChI is InChI=1S/C24H17ClN2OS2/c25-21-19-8-4-5-9-20(19)30-22(21)23(28)27-24(29)26-18-14-12-17(13-15-18)11-10-16-6-2-1-3-7-16/h1-15H,(H2,26,27,28,29)/b11-10+. The number of halogens is 1. The van der Waals surface area contributed by atoms with Crippen LogP contribution in [0.1, 0.15) is 20.8 Å². The molecule has 0 aliphatic carbocycles. The number of carbonyl (C=O) groups excluding carboxylic acids is 1. The zero-order chi connectivity index (χ0) is 20.9. The van der Waals surface area contributed by atoms with Crippen LogP contribution in [0, 0.1) is 0 Å². The van der Waals surface area contributed by atoms with E-state index in [0.717, 1.165) is 26.9 Å². The number of fused-ring (bicyclic) bond motifs is 1. The van der Waals surface area contributed by atoms with E-state index < -0.39 is 0 Å². The summed E-state index contributed by atoms with van der Waals surface area (Å²) in [5.41, 5.74) is 3.00. The van der Waals surface area contributed by atoms with Crippen LogP contribution >= 0.6 is 35.2 Å². The fourth-order valence-corrected chi connectivity index (χ4v) is 4.54. The average Bonchev–Trinajstić information content (AvgIpc) is 3.11. The lowest BCUT2D eigenvalue weighted by Crippen LogP contribution is -2.33. The van der Waals surface area contributed by atoms with Crippen LogP contribution in [0.3, 0.4) is 0 Å². The zero-order valence-corrected chi connectivity index (χ0v) is 18.2. The highest BCUT2D eigenvalue weighted by Crippen LogP contribution is 2.34. The van der Waals surface area contributed by atoms with Gasteiger partial charge in [0.1, 0.15) is 4.88 Å². The van der Waals surface area contributed by atoms with E-state index in [4.69, 9.17) is 23.8 Å². The second-order valence-corrected chi connectivity index (χ2v) is 8.35. The number of amides is 1. The zero-order valence-electron chi connectivity index (χ0n) is 15.8. The molecule has 0 saturated carbocycles. The average molecular weight is 449 g/mol. The van der Waals surface area contributed by atoms with E-state index >= 15 is 0 Å². The number of hydrogen-bond donors (Lipinski definition) is 2. The molecule has 2 N–H and O–H groups in total. The van der Waals surface area contributed by atoms with E-state index in [2.05, 4.69) is 28.8 Å². The molecule has 4 rings (SSSR count). The minimum Gasteiger partial charge on any atom is -0.332 e. The SMILES string of the molecule is O=C(NC(=S)Nc1ccc(/C=C/c2ccccc2)cc1)c1sc2ccccc2c1Cl. The van der Waals surface area contributed by atoms with Gasteiger partial charge in [-0.3, -0.25) is 10.1 Å². The van der Waals surface area contributed by atoms with Gasteiger partial charge in [-0.2, -0.15) is 0 Å². The summed E-state index contributed by atoms with van der Waals surface area (Å²) in [6.07, 6.45) is 4.10. The van der Waals surface area contributed by atoms with Crippen molar-refractivity contribution in [3.8, 4) is 0 Å². The topological polar surface area (TPSA) is 41.1 Å². The van der Waals surface area contributed by atoms with Crippen LogP contribution < -0.4 is 10.6 Å². The van der Waals surface area contributed by atoms with Crippen molar-refractivity contribution in [2.24, 2.45) is 0 Å². The van der Waals surface area contributed by atoms with E-state index in [9.17, 15) is 4.79 Å². The number of hydrogen-bond acceptors (Lipinski definition) is 3. The fourth-order valence-electron chi connectivity index (χ4n) is 2.92. The number of thiophene rings is 1. The molecule has 30 heavy (non-hydrogen) atoms. The second kappa shape index (κ2) is 9.22. The predicted octanol–water partition coefficient (Wildman–Crippen LogP) is 6.85. The van der Waals surface area contributed by atoms with Crippen LogP contribution in [0.15, 0.2) is 78.9 Å². The Kier molecular flexibility index (Phi) is 6.23. The monoisotopic (exact) mass is 448 g/mol. The Bertz CT molecular complexity index is 1230. The highest BCUT2D eigenvalue weighted by Gasteiger charge is 2.17. The Balaban J connectivity index is 1.38. The third kappa shape index (κ3) is 4.76. The van der Waals surface area contributed by atoms with Crippen molar-refractivity contribution >= 4 is 74.1 Å². The van der Waals surface area contributed by atoms with Crippen molar-refractivity contribution in [1.29, 1.82) is 0 Å². The number of carbonyl (C=O) groups is 1. The molecule has 6 heteroatoms.